The number of nitrogens with one attached hydrogen (secondary N) is 1. The zero-order valence-corrected chi connectivity index (χ0v) is 21.5. The van der Waals surface area contributed by atoms with Gasteiger partial charge in [0.1, 0.15) is 17.4 Å². The van der Waals surface area contributed by atoms with Crippen LogP contribution in [-0.2, 0) is 16.1 Å². The van der Waals surface area contributed by atoms with Crippen molar-refractivity contribution in [1.82, 2.24) is 5.32 Å². The van der Waals surface area contributed by atoms with Crippen LogP contribution in [0.3, 0.4) is 0 Å². The Hall–Kier alpha value is -4.97. The molecule has 9 nitrogen and oxygen atoms in total. The number of benzene rings is 2. The number of hydrogen-bond donors (Lipinski definition) is 1. The van der Waals surface area contributed by atoms with E-state index >= 15 is 0 Å². The van der Waals surface area contributed by atoms with Crippen molar-refractivity contribution in [3.63, 3.8) is 0 Å². The molecule has 0 saturated heterocycles. The first-order chi connectivity index (χ1) is 18.3. The number of nitrogens with zero attached hydrogens (tertiary/aromatic N) is 1. The predicted molar refractivity (Wildman–Crippen MR) is 141 cm³/mol. The topological polar surface area (TPSA) is 120 Å². The highest BCUT2D eigenvalue weighted by atomic mass is 16.6. The third-order valence-electron chi connectivity index (χ3n) is 5.04. The molecular formula is C29H28N2O7. The van der Waals surface area contributed by atoms with E-state index in [4.69, 9.17) is 23.4 Å². The van der Waals surface area contributed by atoms with Gasteiger partial charge in [0.2, 0.25) is 0 Å². The third-order valence-corrected chi connectivity index (χ3v) is 5.04. The average molecular weight is 517 g/mol. The summed E-state index contributed by atoms with van der Waals surface area (Å²) in [5.74, 6) is 0.978. The Kier molecular flexibility index (Phi) is 9.72. The first-order valence-corrected chi connectivity index (χ1v) is 11.7. The van der Waals surface area contributed by atoms with Gasteiger partial charge in [0.15, 0.2) is 23.0 Å². The quantitative estimate of drug-likeness (QED) is 0.165. The molecule has 1 N–H and O–H groups in total. The first kappa shape index (κ1) is 27.6. The maximum Gasteiger partial charge on any atom is 0.336 e. The van der Waals surface area contributed by atoms with Crippen molar-refractivity contribution in [1.29, 1.82) is 5.26 Å². The highest BCUT2D eigenvalue weighted by molar-refractivity contribution is 6.01. The molecular weight excluding hydrogens is 488 g/mol. The van der Waals surface area contributed by atoms with Gasteiger partial charge in [-0.25, -0.2) is 4.79 Å². The molecule has 0 aliphatic carbocycles. The van der Waals surface area contributed by atoms with E-state index in [1.165, 1.54) is 31.6 Å². The van der Waals surface area contributed by atoms with E-state index in [1.807, 2.05) is 19.9 Å². The lowest BCUT2D eigenvalue weighted by Gasteiger charge is -2.13. The lowest BCUT2D eigenvalue weighted by Crippen LogP contribution is -2.23. The van der Waals surface area contributed by atoms with Crippen molar-refractivity contribution in [2.75, 3.05) is 14.2 Å². The van der Waals surface area contributed by atoms with Crippen LogP contribution in [0.2, 0.25) is 0 Å². The van der Waals surface area contributed by atoms with Crippen molar-refractivity contribution < 1.29 is 33.0 Å². The Morgan fingerprint density at radius 3 is 2.34 bits per heavy atom. The Morgan fingerprint density at radius 1 is 1.00 bits per heavy atom. The molecule has 38 heavy (non-hydrogen) atoms. The number of rotatable bonds is 11. The second-order valence-corrected chi connectivity index (χ2v) is 8.17. The number of carbonyl (C=O) groups excluding carboxylic acids is 2. The lowest BCUT2D eigenvalue weighted by atomic mass is 10.1. The maximum absolute atomic E-state index is 12.5. The van der Waals surface area contributed by atoms with Gasteiger partial charge < -0.3 is 28.7 Å². The SMILES string of the molecule is COc1cc(/C=C(\C#N)C(=O)NCc2ccco2)ccc1OC(=O)/C=C/c1ccc(OC(C)C)c(OC)c1. The molecule has 0 fully saturated rings. The summed E-state index contributed by atoms with van der Waals surface area (Å²) in [5, 5.41) is 12.1. The molecule has 1 amide bonds. The predicted octanol–water partition coefficient (Wildman–Crippen LogP) is 4.93. The average Bonchev–Trinajstić information content (AvgIpc) is 3.44. The smallest absolute Gasteiger partial charge is 0.336 e. The fraction of sp³-hybridized carbons (Fsp3) is 0.207. The highest BCUT2D eigenvalue weighted by Crippen LogP contribution is 2.31. The van der Waals surface area contributed by atoms with Gasteiger partial charge in [-0.05, 0) is 73.5 Å². The number of amides is 1. The molecule has 0 spiro atoms. The second-order valence-electron chi connectivity index (χ2n) is 8.17. The van der Waals surface area contributed by atoms with E-state index in [9.17, 15) is 14.9 Å². The molecule has 0 aliphatic rings. The molecule has 1 heterocycles. The van der Waals surface area contributed by atoms with Crippen LogP contribution in [0, 0.1) is 11.3 Å². The summed E-state index contributed by atoms with van der Waals surface area (Å²) in [6, 6.07) is 15.3. The number of furan rings is 1. The van der Waals surface area contributed by atoms with Gasteiger partial charge in [-0.15, -0.1) is 0 Å². The molecule has 9 heteroatoms. The lowest BCUT2D eigenvalue weighted by molar-refractivity contribution is -0.129. The largest absolute Gasteiger partial charge is 0.493 e. The molecule has 3 rings (SSSR count). The Morgan fingerprint density at radius 2 is 1.68 bits per heavy atom. The van der Waals surface area contributed by atoms with Crippen LogP contribution in [0.25, 0.3) is 12.2 Å². The van der Waals surface area contributed by atoms with Crippen LogP contribution in [0.1, 0.15) is 30.7 Å². The molecule has 0 saturated carbocycles. The minimum absolute atomic E-state index is 0.00639. The van der Waals surface area contributed by atoms with Crippen molar-refractivity contribution in [2.45, 2.75) is 26.5 Å². The van der Waals surface area contributed by atoms with Crippen molar-refractivity contribution >= 4 is 24.0 Å². The van der Waals surface area contributed by atoms with Crippen LogP contribution in [-0.4, -0.2) is 32.2 Å². The van der Waals surface area contributed by atoms with Gasteiger partial charge >= 0.3 is 5.97 Å². The molecule has 0 aliphatic heterocycles. The third kappa shape index (κ3) is 7.77. The van der Waals surface area contributed by atoms with Gasteiger partial charge in [0.05, 0.1) is 33.1 Å². The van der Waals surface area contributed by atoms with Crippen LogP contribution >= 0.6 is 0 Å². The molecule has 2 aromatic carbocycles. The van der Waals surface area contributed by atoms with Crippen LogP contribution in [0.4, 0.5) is 0 Å². The van der Waals surface area contributed by atoms with Crippen LogP contribution in [0.15, 0.2) is 70.9 Å². The van der Waals surface area contributed by atoms with E-state index in [0.717, 1.165) is 5.56 Å². The van der Waals surface area contributed by atoms with Crippen molar-refractivity contribution in [2.24, 2.45) is 0 Å². The molecule has 196 valence electrons. The van der Waals surface area contributed by atoms with E-state index < -0.39 is 11.9 Å². The second kappa shape index (κ2) is 13.4. The van der Waals surface area contributed by atoms with Gasteiger partial charge in [0, 0.05) is 6.08 Å². The van der Waals surface area contributed by atoms with Gasteiger partial charge in [-0.2, -0.15) is 5.26 Å². The zero-order valence-electron chi connectivity index (χ0n) is 21.5. The standard InChI is InChI=1S/C29H28N2O7/c1-19(2)37-24-10-7-20(15-26(24)34-3)9-12-28(32)38-25-11-8-21(16-27(25)35-4)14-22(17-30)29(33)31-18-23-6-5-13-36-23/h5-16,19H,18H2,1-4H3,(H,31,33)/b12-9+,22-14+. The number of nitriles is 1. The summed E-state index contributed by atoms with van der Waals surface area (Å²) < 4.78 is 27.0. The Balaban J connectivity index is 1.68. The maximum atomic E-state index is 12.5. The Bertz CT molecular complexity index is 1370. The van der Waals surface area contributed by atoms with E-state index in [2.05, 4.69) is 5.32 Å². The number of carbonyl (C=O) groups is 2. The minimum atomic E-state index is -0.622. The fourth-order valence-corrected chi connectivity index (χ4v) is 3.30. The van der Waals surface area contributed by atoms with Crippen molar-refractivity contribution in [3.8, 4) is 29.1 Å². The number of esters is 1. The molecule has 0 unspecified atom stereocenters. The van der Waals surface area contributed by atoms with Gasteiger partial charge in [-0.3, -0.25) is 4.79 Å². The van der Waals surface area contributed by atoms with Gasteiger partial charge in [-0.1, -0.05) is 12.1 Å². The van der Waals surface area contributed by atoms with Crippen LogP contribution in [0.5, 0.6) is 23.0 Å². The number of hydrogen-bond acceptors (Lipinski definition) is 8. The molecule has 0 bridgehead atoms. The van der Waals surface area contributed by atoms with Crippen molar-refractivity contribution in [3.05, 3.63) is 83.3 Å². The number of ether oxygens (including phenoxy) is 4. The summed E-state index contributed by atoms with van der Waals surface area (Å²) in [6.07, 6.45) is 5.77. The summed E-state index contributed by atoms with van der Waals surface area (Å²) in [6.45, 7) is 3.99. The number of methoxy groups -OCH3 is 2. The summed E-state index contributed by atoms with van der Waals surface area (Å²) >= 11 is 0. The molecule has 1 aromatic heterocycles. The highest BCUT2D eigenvalue weighted by Gasteiger charge is 2.13. The molecule has 0 radical (unpaired) electrons. The summed E-state index contributed by atoms with van der Waals surface area (Å²) in [7, 11) is 2.96. The van der Waals surface area contributed by atoms with E-state index in [1.54, 1.807) is 55.7 Å². The summed E-state index contributed by atoms with van der Waals surface area (Å²) in [5.41, 5.74) is 1.13. The summed E-state index contributed by atoms with van der Waals surface area (Å²) in [4.78, 5) is 24.8. The minimum Gasteiger partial charge on any atom is -0.493 e. The fourth-order valence-electron chi connectivity index (χ4n) is 3.30. The molecule has 0 atom stereocenters. The monoisotopic (exact) mass is 516 g/mol. The Labute approximate surface area is 220 Å². The first-order valence-electron chi connectivity index (χ1n) is 11.7. The normalized spacial score (nSPS) is 11.2. The van der Waals surface area contributed by atoms with E-state index in [-0.39, 0.29) is 29.7 Å². The van der Waals surface area contributed by atoms with E-state index in [0.29, 0.717) is 22.8 Å². The zero-order chi connectivity index (χ0) is 27.5. The molecule has 3 aromatic rings. The van der Waals surface area contributed by atoms with Gasteiger partial charge in [0.25, 0.3) is 5.91 Å². The van der Waals surface area contributed by atoms with Crippen LogP contribution < -0.4 is 24.3 Å².